The van der Waals surface area contributed by atoms with Gasteiger partial charge in [0.25, 0.3) is 5.91 Å². The minimum atomic E-state index is -0.337. The van der Waals surface area contributed by atoms with Gasteiger partial charge in [-0.25, -0.2) is 4.39 Å². The van der Waals surface area contributed by atoms with Crippen molar-refractivity contribution in [1.82, 2.24) is 4.90 Å². The van der Waals surface area contributed by atoms with Crippen LogP contribution < -0.4 is 4.74 Å². The molecular weight excluding hydrogens is 261 g/mol. The van der Waals surface area contributed by atoms with Crippen molar-refractivity contribution in [3.05, 3.63) is 30.1 Å². The molecule has 5 heteroatoms. The van der Waals surface area contributed by atoms with Gasteiger partial charge in [0.15, 0.2) is 6.61 Å². The first-order valence-electron chi connectivity index (χ1n) is 6.99. The number of amides is 1. The van der Waals surface area contributed by atoms with Crippen molar-refractivity contribution in [1.29, 1.82) is 0 Å². The van der Waals surface area contributed by atoms with Crippen molar-refractivity contribution < 1.29 is 19.0 Å². The third kappa shape index (κ3) is 3.93. The Morgan fingerprint density at radius 3 is 2.75 bits per heavy atom. The first-order valence-corrected chi connectivity index (χ1v) is 6.99. The number of ether oxygens (including phenoxy) is 1. The van der Waals surface area contributed by atoms with Crippen LogP contribution in [-0.2, 0) is 4.79 Å². The van der Waals surface area contributed by atoms with Crippen LogP contribution in [-0.4, -0.2) is 41.7 Å². The van der Waals surface area contributed by atoms with Gasteiger partial charge in [-0.3, -0.25) is 4.79 Å². The van der Waals surface area contributed by atoms with E-state index in [0.29, 0.717) is 12.3 Å². The fourth-order valence-corrected chi connectivity index (χ4v) is 2.45. The van der Waals surface area contributed by atoms with Crippen LogP contribution in [0.2, 0.25) is 0 Å². The van der Waals surface area contributed by atoms with E-state index < -0.39 is 0 Å². The molecule has 0 radical (unpaired) electrons. The highest BCUT2D eigenvalue weighted by Gasteiger charge is 2.24. The van der Waals surface area contributed by atoms with Crippen LogP contribution >= 0.6 is 0 Å². The number of aliphatic hydroxyl groups is 1. The average molecular weight is 281 g/mol. The third-order valence-electron chi connectivity index (χ3n) is 3.58. The lowest BCUT2D eigenvalue weighted by atomic mass is 10.1. The minimum absolute atomic E-state index is 0.0116. The highest BCUT2D eigenvalue weighted by Crippen LogP contribution is 2.17. The number of likely N-dealkylation sites (tertiary alicyclic amines) is 1. The largest absolute Gasteiger partial charge is 0.484 e. The lowest BCUT2D eigenvalue weighted by Crippen LogP contribution is -2.44. The fourth-order valence-electron chi connectivity index (χ4n) is 2.45. The van der Waals surface area contributed by atoms with E-state index >= 15 is 0 Å². The number of hydrogen-bond acceptors (Lipinski definition) is 3. The van der Waals surface area contributed by atoms with Crippen molar-refractivity contribution in [2.24, 2.45) is 0 Å². The molecule has 1 heterocycles. The fraction of sp³-hybridized carbons (Fsp3) is 0.533. The summed E-state index contributed by atoms with van der Waals surface area (Å²) >= 11 is 0. The summed E-state index contributed by atoms with van der Waals surface area (Å²) < 4.78 is 18.1. The van der Waals surface area contributed by atoms with Gasteiger partial charge in [-0.2, -0.15) is 0 Å². The summed E-state index contributed by atoms with van der Waals surface area (Å²) in [5.41, 5.74) is 0. The van der Waals surface area contributed by atoms with Crippen molar-refractivity contribution in [2.45, 2.75) is 31.7 Å². The maximum Gasteiger partial charge on any atom is 0.260 e. The summed E-state index contributed by atoms with van der Waals surface area (Å²) in [6.45, 7) is 0.571. The Bertz CT molecular complexity index is 435. The molecule has 0 aromatic heterocycles. The summed E-state index contributed by atoms with van der Waals surface area (Å²) in [5.74, 6) is 0.00179. The zero-order chi connectivity index (χ0) is 14.4. The van der Waals surface area contributed by atoms with Gasteiger partial charge in [0.05, 0.1) is 12.6 Å². The number of halogens is 1. The Morgan fingerprint density at radius 2 is 2.05 bits per heavy atom. The van der Waals surface area contributed by atoms with Crippen LogP contribution in [0.4, 0.5) is 4.39 Å². The zero-order valence-corrected chi connectivity index (χ0v) is 11.4. The highest BCUT2D eigenvalue weighted by atomic mass is 19.1. The van der Waals surface area contributed by atoms with Crippen molar-refractivity contribution >= 4 is 5.91 Å². The van der Waals surface area contributed by atoms with E-state index in [0.717, 1.165) is 25.7 Å². The topological polar surface area (TPSA) is 49.8 Å². The standard InChI is InChI=1S/C15H20FNO3/c16-12-5-7-14(8-6-12)20-11-15(19)17-9-3-1-2-4-13(17)10-18/h5-8,13,18H,1-4,9-11H2. The van der Waals surface area contributed by atoms with Crippen LogP contribution in [0, 0.1) is 5.82 Å². The first-order chi connectivity index (χ1) is 9.70. The van der Waals surface area contributed by atoms with Gasteiger partial charge < -0.3 is 14.7 Å². The predicted octanol–water partition coefficient (Wildman–Crippen LogP) is 1.97. The second-order valence-electron chi connectivity index (χ2n) is 5.02. The monoisotopic (exact) mass is 281 g/mol. The van der Waals surface area contributed by atoms with Crippen molar-refractivity contribution in [3.63, 3.8) is 0 Å². The van der Waals surface area contributed by atoms with E-state index in [9.17, 15) is 14.3 Å². The molecule has 1 atom stereocenters. The summed E-state index contributed by atoms with van der Waals surface area (Å²) in [6, 6.07) is 5.47. The van der Waals surface area contributed by atoms with Gasteiger partial charge in [0.2, 0.25) is 0 Å². The Labute approximate surface area is 118 Å². The number of nitrogens with zero attached hydrogens (tertiary/aromatic N) is 1. The molecule has 0 bridgehead atoms. The molecule has 1 aliphatic rings. The van der Waals surface area contributed by atoms with Gasteiger partial charge in [0.1, 0.15) is 11.6 Å². The Balaban J connectivity index is 1.90. The van der Waals surface area contributed by atoms with Crippen LogP contribution in [0.1, 0.15) is 25.7 Å². The van der Waals surface area contributed by atoms with Crippen LogP contribution in [0.15, 0.2) is 24.3 Å². The number of aliphatic hydroxyl groups excluding tert-OH is 1. The lowest BCUT2D eigenvalue weighted by molar-refractivity contribution is -0.136. The quantitative estimate of drug-likeness (QED) is 0.918. The zero-order valence-electron chi connectivity index (χ0n) is 11.4. The van der Waals surface area contributed by atoms with Gasteiger partial charge in [-0.15, -0.1) is 0 Å². The number of carbonyl (C=O) groups is 1. The maximum absolute atomic E-state index is 12.8. The van der Waals surface area contributed by atoms with Crippen LogP contribution in [0.5, 0.6) is 5.75 Å². The smallest absolute Gasteiger partial charge is 0.260 e. The molecule has 0 saturated carbocycles. The SMILES string of the molecule is O=C(COc1ccc(F)cc1)N1CCCCCC1CO. The van der Waals surface area contributed by atoms with Gasteiger partial charge in [0, 0.05) is 6.54 Å². The highest BCUT2D eigenvalue weighted by molar-refractivity contribution is 5.78. The van der Waals surface area contributed by atoms with E-state index in [1.54, 1.807) is 4.90 Å². The molecule has 2 rings (SSSR count). The molecule has 1 aromatic carbocycles. The summed E-state index contributed by atoms with van der Waals surface area (Å²) in [6.07, 6.45) is 3.91. The average Bonchev–Trinajstić information content (AvgIpc) is 2.71. The molecule has 1 aromatic rings. The summed E-state index contributed by atoms with van der Waals surface area (Å²) in [4.78, 5) is 13.9. The molecule has 1 fully saturated rings. The molecule has 1 amide bonds. The molecular formula is C15H20FNO3. The molecule has 1 unspecified atom stereocenters. The molecule has 1 N–H and O–H groups in total. The van der Waals surface area contributed by atoms with Crippen LogP contribution in [0.3, 0.4) is 0 Å². The molecule has 4 nitrogen and oxygen atoms in total. The van der Waals surface area contributed by atoms with E-state index in [-0.39, 0.29) is 31.0 Å². The van der Waals surface area contributed by atoms with Gasteiger partial charge >= 0.3 is 0 Å². The van der Waals surface area contributed by atoms with Gasteiger partial charge in [-0.05, 0) is 37.1 Å². The minimum Gasteiger partial charge on any atom is -0.484 e. The van der Waals surface area contributed by atoms with E-state index in [4.69, 9.17) is 4.74 Å². The predicted molar refractivity (Wildman–Crippen MR) is 72.9 cm³/mol. The third-order valence-corrected chi connectivity index (χ3v) is 3.58. The Hall–Kier alpha value is -1.62. The lowest BCUT2D eigenvalue weighted by Gasteiger charge is -2.28. The number of hydrogen-bond donors (Lipinski definition) is 1. The molecule has 110 valence electrons. The van der Waals surface area contributed by atoms with E-state index in [1.165, 1.54) is 24.3 Å². The number of carbonyl (C=O) groups excluding carboxylic acids is 1. The maximum atomic E-state index is 12.8. The number of benzene rings is 1. The van der Waals surface area contributed by atoms with Crippen LogP contribution in [0.25, 0.3) is 0 Å². The molecule has 1 saturated heterocycles. The van der Waals surface area contributed by atoms with Gasteiger partial charge in [-0.1, -0.05) is 12.8 Å². The van der Waals surface area contributed by atoms with Crippen molar-refractivity contribution in [2.75, 3.05) is 19.8 Å². The summed E-state index contributed by atoms with van der Waals surface area (Å²) in [5, 5.41) is 9.37. The molecule has 1 aliphatic heterocycles. The second-order valence-corrected chi connectivity index (χ2v) is 5.02. The molecule has 0 aliphatic carbocycles. The normalized spacial score (nSPS) is 19.5. The number of rotatable bonds is 4. The first kappa shape index (κ1) is 14.8. The Kier molecular flexibility index (Phi) is 5.35. The summed E-state index contributed by atoms with van der Waals surface area (Å²) in [7, 11) is 0. The van der Waals surface area contributed by atoms with E-state index in [1.807, 2.05) is 0 Å². The second kappa shape index (κ2) is 7.24. The molecule has 0 spiro atoms. The van der Waals surface area contributed by atoms with E-state index in [2.05, 4.69) is 0 Å². The Morgan fingerprint density at radius 1 is 1.30 bits per heavy atom. The van der Waals surface area contributed by atoms with Crippen molar-refractivity contribution in [3.8, 4) is 5.75 Å². The molecule has 20 heavy (non-hydrogen) atoms.